The van der Waals surface area contributed by atoms with Crippen LogP contribution >= 0.6 is 11.6 Å². The summed E-state index contributed by atoms with van der Waals surface area (Å²) in [5.74, 6) is -1.57. The van der Waals surface area contributed by atoms with Crippen molar-refractivity contribution in [1.82, 2.24) is 5.32 Å². The van der Waals surface area contributed by atoms with Gasteiger partial charge in [0.2, 0.25) is 5.91 Å². The average molecular weight is 300 g/mol. The molecule has 20 heavy (non-hydrogen) atoms. The number of carbonyl (C=O) groups is 2. The fraction of sp³-hybridized carbons (Fsp3) is 0.385. The van der Waals surface area contributed by atoms with Crippen molar-refractivity contribution in [2.45, 2.75) is 12.5 Å². The zero-order chi connectivity index (χ0) is 14.7. The molecule has 1 amide bonds. The van der Waals surface area contributed by atoms with E-state index in [1.54, 1.807) is 18.2 Å². The highest BCUT2D eigenvalue weighted by Gasteiger charge is 2.29. The molecule has 1 aromatic rings. The van der Waals surface area contributed by atoms with Gasteiger partial charge in [-0.15, -0.1) is 0 Å². The summed E-state index contributed by atoms with van der Waals surface area (Å²) in [6.45, 7) is -0.491. The molecule has 2 atom stereocenters. The van der Waals surface area contributed by atoms with Crippen LogP contribution in [0.15, 0.2) is 18.2 Å². The molecule has 0 radical (unpaired) electrons. The van der Waals surface area contributed by atoms with E-state index in [0.29, 0.717) is 17.2 Å². The summed E-state index contributed by atoms with van der Waals surface area (Å²) in [6.07, 6.45) is 0.416. The van der Waals surface area contributed by atoms with Gasteiger partial charge in [0.1, 0.15) is 18.4 Å². The van der Waals surface area contributed by atoms with Crippen LogP contribution in [0.5, 0.6) is 5.75 Å². The maximum absolute atomic E-state index is 12.0. The number of carboxylic acid groups (broad SMARTS) is 1. The zero-order valence-corrected chi connectivity index (χ0v) is 11.3. The van der Waals surface area contributed by atoms with Crippen LogP contribution in [0.25, 0.3) is 0 Å². The molecule has 0 bridgehead atoms. The van der Waals surface area contributed by atoms with Crippen molar-refractivity contribution in [3.05, 3.63) is 28.8 Å². The molecule has 0 aliphatic carbocycles. The number of carboxylic acids is 1. The van der Waals surface area contributed by atoms with Gasteiger partial charge in [0, 0.05) is 5.02 Å². The van der Waals surface area contributed by atoms with Crippen molar-refractivity contribution in [3.8, 4) is 5.75 Å². The van der Waals surface area contributed by atoms with E-state index in [9.17, 15) is 9.59 Å². The van der Waals surface area contributed by atoms with E-state index in [4.69, 9.17) is 26.6 Å². The Kier molecular flexibility index (Phi) is 4.46. The molecule has 0 saturated carbocycles. The molecule has 2 rings (SSSR count). The molecular weight excluding hydrogens is 286 g/mol. The largest absolute Gasteiger partial charge is 0.492 e. The standard InChI is InChI=1S/C13H14ClNO5/c14-9-1-2-11-7(4-9)3-8(6-20-11)12(17)15-10(5-16)13(18)19/h1-2,4,8,10,16H,3,5-6H2,(H,15,17)(H,18,19). The van der Waals surface area contributed by atoms with Crippen molar-refractivity contribution in [3.63, 3.8) is 0 Å². The normalized spacial score (nSPS) is 18.6. The van der Waals surface area contributed by atoms with Crippen LogP contribution in [-0.2, 0) is 16.0 Å². The highest BCUT2D eigenvalue weighted by atomic mass is 35.5. The van der Waals surface area contributed by atoms with E-state index in [2.05, 4.69) is 5.32 Å². The van der Waals surface area contributed by atoms with Crippen LogP contribution < -0.4 is 10.1 Å². The zero-order valence-electron chi connectivity index (χ0n) is 10.5. The number of hydrogen-bond donors (Lipinski definition) is 3. The maximum Gasteiger partial charge on any atom is 0.328 e. The highest BCUT2D eigenvalue weighted by molar-refractivity contribution is 6.30. The minimum absolute atomic E-state index is 0.165. The van der Waals surface area contributed by atoms with E-state index in [1.165, 1.54) is 0 Å². The first-order chi connectivity index (χ1) is 9.51. The van der Waals surface area contributed by atoms with E-state index in [0.717, 1.165) is 5.56 Å². The number of aliphatic carboxylic acids is 1. The van der Waals surface area contributed by atoms with Crippen molar-refractivity contribution < 1.29 is 24.5 Å². The number of carbonyl (C=O) groups excluding carboxylic acids is 1. The topological polar surface area (TPSA) is 95.9 Å². The SMILES string of the molecule is O=C(NC(CO)C(=O)O)C1COc2ccc(Cl)cc2C1. The lowest BCUT2D eigenvalue weighted by Gasteiger charge is -2.25. The quantitative estimate of drug-likeness (QED) is 0.750. The van der Waals surface area contributed by atoms with E-state index >= 15 is 0 Å². The number of ether oxygens (including phenoxy) is 1. The summed E-state index contributed by atoms with van der Waals surface area (Å²) in [5, 5.41) is 20.5. The average Bonchev–Trinajstić information content (AvgIpc) is 2.43. The van der Waals surface area contributed by atoms with Crippen LogP contribution in [0.2, 0.25) is 5.02 Å². The van der Waals surface area contributed by atoms with Gasteiger partial charge in [-0.2, -0.15) is 0 Å². The molecule has 7 heteroatoms. The van der Waals surface area contributed by atoms with Crippen LogP contribution in [0, 0.1) is 5.92 Å². The van der Waals surface area contributed by atoms with Gasteiger partial charge in [-0.25, -0.2) is 4.79 Å². The van der Waals surface area contributed by atoms with E-state index in [-0.39, 0.29) is 6.61 Å². The third-order valence-electron chi connectivity index (χ3n) is 3.10. The predicted octanol–water partition coefficient (Wildman–Crippen LogP) is 0.453. The number of nitrogens with one attached hydrogen (secondary N) is 1. The molecule has 1 aliphatic heterocycles. The first-order valence-corrected chi connectivity index (χ1v) is 6.44. The Hall–Kier alpha value is -1.79. The molecule has 0 spiro atoms. The van der Waals surface area contributed by atoms with Crippen LogP contribution in [0.1, 0.15) is 5.56 Å². The molecule has 3 N–H and O–H groups in total. The Morgan fingerprint density at radius 2 is 2.25 bits per heavy atom. The highest BCUT2D eigenvalue weighted by Crippen LogP contribution is 2.29. The molecule has 0 fully saturated rings. The number of aliphatic hydroxyl groups excluding tert-OH is 1. The molecule has 2 unspecified atom stereocenters. The summed E-state index contributed by atoms with van der Waals surface area (Å²) < 4.78 is 5.46. The summed E-state index contributed by atoms with van der Waals surface area (Å²) in [4.78, 5) is 22.7. The molecule has 6 nitrogen and oxygen atoms in total. The molecule has 1 heterocycles. The van der Waals surface area contributed by atoms with Crippen molar-refractivity contribution >= 4 is 23.5 Å². The second kappa shape index (κ2) is 6.11. The molecular formula is C13H14ClNO5. The number of benzene rings is 1. The Bertz CT molecular complexity index is 533. The van der Waals surface area contributed by atoms with Gasteiger partial charge >= 0.3 is 5.97 Å². The molecule has 0 aromatic heterocycles. The summed E-state index contributed by atoms with van der Waals surface area (Å²) in [7, 11) is 0. The van der Waals surface area contributed by atoms with E-state index < -0.39 is 30.4 Å². The summed E-state index contributed by atoms with van der Waals surface area (Å²) in [5.41, 5.74) is 0.805. The van der Waals surface area contributed by atoms with Crippen LogP contribution in [0.4, 0.5) is 0 Å². The van der Waals surface area contributed by atoms with Gasteiger partial charge < -0.3 is 20.3 Å². The molecule has 1 aromatic carbocycles. The van der Waals surface area contributed by atoms with Gasteiger partial charge in [0.05, 0.1) is 12.5 Å². The monoisotopic (exact) mass is 299 g/mol. The fourth-order valence-corrected chi connectivity index (χ4v) is 2.20. The molecule has 1 aliphatic rings. The van der Waals surface area contributed by atoms with Gasteiger partial charge in [0.25, 0.3) is 0 Å². The first kappa shape index (κ1) is 14.6. The van der Waals surface area contributed by atoms with Crippen molar-refractivity contribution in [1.29, 1.82) is 0 Å². The van der Waals surface area contributed by atoms with Gasteiger partial charge in [0.15, 0.2) is 0 Å². The lowest BCUT2D eigenvalue weighted by molar-refractivity contribution is -0.143. The minimum Gasteiger partial charge on any atom is -0.492 e. The Morgan fingerprint density at radius 1 is 1.50 bits per heavy atom. The van der Waals surface area contributed by atoms with E-state index in [1.807, 2.05) is 0 Å². The number of hydrogen-bond acceptors (Lipinski definition) is 4. The lowest BCUT2D eigenvalue weighted by Crippen LogP contribution is -2.47. The number of halogens is 1. The molecule has 0 saturated heterocycles. The predicted molar refractivity (Wildman–Crippen MR) is 70.8 cm³/mol. The molecule has 108 valence electrons. The fourth-order valence-electron chi connectivity index (χ4n) is 2.01. The van der Waals surface area contributed by atoms with Gasteiger partial charge in [-0.1, -0.05) is 11.6 Å². The smallest absolute Gasteiger partial charge is 0.328 e. The van der Waals surface area contributed by atoms with Crippen LogP contribution in [0.3, 0.4) is 0 Å². The summed E-state index contributed by atoms with van der Waals surface area (Å²) >= 11 is 5.89. The maximum atomic E-state index is 12.0. The Labute approximate surface area is 120 Å². The van der Waals surface area contributed by atoms with Crippen LogP contribution in [-0.4, -0.2) is 41.3 Å². The number of amides is 1. The van der Waals surface area contributed by atoms with Gasteiger partial charge in [-0.05, 0) is 30.2 Å². The number of rotatable bonds is 4. The second-order valence-corrected chi connectivity index (χ2v) is 4.98. The number of aliphatic hydroxyl groups is 1. The first-order valence-electron chi connectivity index (χ1n) is 6.06. The summed E-state index contributed by atoms with van der Waals surface area (Å²) in [6, 6.07) is 3.85. The number of fused-ring (bicyclic) bond motifs is 1. The van der Waals surface area contributed by atoms with Crippen molar-refractivity contribution in [2.75, 3.05) is 13.2 Å². The van der Waals surface area contributed by atoms with Crippen molar-refractivity contribution in [2.24, 2.45) is 5.92 Å². The third-order valence-corrected chi connectivity index (χ3v) is 3.33. The Morgan fingerprint density at radius 3 is 2.90 bits per heavy atom. The second-order valence-electron chi connectivity index (χ2n) is 4.55. The minimum atomic E-state index is -1.30. The Balaban J connectivity index is 2.05. The van der Waals surface area contributed by atoms with Gasteiger partial charge in [-0.3, -0.25) is 4.79 Å². The third kappa shape index (κ3) is 3.20. The lowest BCUT2D eigenvalue weighted by atomic mass is 9.96.